The van der Waals surface area contributed by atoms with Crippen molar-refractivity contribution in [2.75, 3.05) is 5.32 Å². The highest BCUT2D eigenvalue weighted by Crippen LogP contribution is 2.40. The van der Waals surface area contributed by atoms with Gasteiger partial charge in [-0.3, -0.25) is 10.1 Å². The van der Waals surface area contributed by atoms with Crippen molar-refractivity contribution in [1.82, 2.24) is 15.2 Å². The van der Waals surface area contributed by atoms with E-state index in [0.29, 0.717) is 0 Å². The third-order valence-electron chi connectivity index (χ3n) is 4.02. The maximum absolute atomic E-state index is 13.0. The van der Waals surface area contributed by atoms with E-state index in [9.17, 15) is 8.78 Å². The van der Waals surface area contributed by atoms with Crippen LogP contribution in [0.4, 0.5) is 14.5 Å². The van der Waals surface area contributed by atoms with Gasteiger partial charge in [0.1, 0.15) is 0 Å². The van der Waals surface area contributed by atoms with Gasteiger partial charge in [0.25, 0.3) is 5.92 Å². The zero-order chi connectivity index (χ0) is 15.2. The Balaban J connectivity index is 1.70. The van der Waals surface area contributed by atoms with Gasteiger partial charge < -0.3 is 5.32 Å². The molecule has 0 bridgehead atoms. The number of hydrogen-bond donors (Lipinski definition) is 2. The van der Waals surface area contributed by atoms with E-state index in [-0.39, 0.29) is 18.9 Å². The van der Waals surface area contributed by atoms with E-state index in [1.54, 1.807) is 12.4 Å². The molecule has 0 atom stereocenters. The van der Waals surface area contributed by atoms with Crippen molar-refractivity contribution >= 4 is 16.6 Å². The first-order valence-corrected chi connectivity index (χ1v) is 7.13. The van der Waals surface area contributed by atoms with E-state index < -0.39 is 5.92 Å². The van der Waals surface area contributed by atoms with Crippen molar-refractivity contribution in [1.29, 1.82) is 0 Å². The van der Waals surface area contributed by atoms with Crippen molar-refractivity contribution < 1.29 is 8.78 Å². The van der Waals surface area contributed by atoms with E-state index >= 15 is 0 Å². The predicted molar refractivity (Wildman–Crippen MR) is 80.9 cm³/mol. The number of aromatic amines is 1. The molecule has 1 fully saturated rings. The van der Waals surface area contributed by atoms with Crippen LogP contribution < -0.4 is 5.32 Å². The lowest BCUT2D eigenvalue weighted by atomic mass is 9.88. The summed E-state index contributed by atoms with van der Waals surface area (Å²) >= 11 is 0. The molecule has 1 aliphatic rings. The van der Waals surface area contributed by atoms with Gasteiger partial charge in [0, 0.05) is 47.9 Å². The van der Waals surface area contributed by atoms with Crippen molar-refractivity contribution in [2.24, 2.45) is 0 Å². The monoisotopic (exact) mass is 300 g/mol. The van der Waals surface area contributed by atoms with Crippen LogP contribution in [0.3, 0.4) is 0 Å². The Labute approximate surface area is 125 Å². The highest BCUT2D eigenvalue weighted by Gasteiger charge is 2.45. The van der Waals surface area contributed by atoms with Gasteiger partial charge in [-0.25, -0.2) is 8.78 Å². The number of alkyl halides is 2. The van der Waals surface area contributed by atoms with Gasteiger partial charge in [-0.15, -0.1) is 0 Å². The fraction of sp³-hybridized carbons (Fsp3) is 0.250. The molecule has 1 aromatic carbocycles. The summed E-state index contributed by atoms with van der Waals surface area (Å²) in [5.41, 5.74) is 3.67. The summed E-state index contributed by atoms with van der Waals surface area (Å²) < 4.78 is 26.0. The minimum atomic E-state index is -2.53. The quantitative estimate of drug-likeness (QED) is 0.773. The number of hydrogen-bond acceptors (Lipinski definition) is 3. The molecule has 2 heterocycles. The summed E-state index contributed by atoms with van der Waals surface area (Å²) in [7, 11) is 0. The van der Waals surface area contributed by atoms with Gasteiger partial charge in [0.2, 0.25) is 0 Å². The molecule has 0 saturated heterocycles. The Kier molecular flexibility index (Phi) is 2.85. The summed E-state index contributed by atoms with van der Waals surface area (Å²) in [6.07, 6.45) is 5.03. The third-order valence-corrected chi connectivity index (χ3v) is 4.02. The second-order valence-electron chi connectivity index (χ2n) is 5.68. The molecule has 1 aliphatic carbocycles. The van der Waals surface area contributed by atoms with Crippen molar-refractivity contribution in [3.8, 4) is 11.1 Å². The molecule has 0 amide bonds. The normalized spacial score (nSPS) is 17.4. The highest BCUT2D eigenvalue weighted by molar-refractivity contribution is 5.94. The molecule has 22 heavy (non-hydrogen) atoms. The molecular weight excluding hydrogens is 286 g/mol. The van der Waals surface area contributed by atoms with Crippen LogP contribution in [0.15, 0.2) is 42.9 Å². The van der Waals surface area contributed by atoms with Crippen LogP contribution in [0.2, 0.25) is 0 Å². The van der Waals surface area contributed by atoms with Gasteiger partial charge in [-0.2, -0.15) is 5.10 Å². The average Bonchev–Trinajstić information content (AvgIpc) is 2.99. The Hall–Kier alpha value is -2.50. The van der Waals surface area contributed by atoms with E-state index in [1.807, 2.05) is 30.5 Å². The molecule has 0 radical (unpaired) electrons. The maximum atomic E-state index is 13.0. The molecule has 1 saturated carbocycles. The van der Waals surface area contributed by atoms with Crippen LogP contribution in [0, 0.1) is 0 Å². The number of nitrogens with one attached hydrogen (secondary N) is 2. The first kappa shape index (κ1) is 13.2. The molecule has 112 valence electrons. The number of benzene rings is 1. The molecular formula is C16H14F2N4. The zero-order valence-electron chi connectivity index (χ0n) is 11.7. The van der Waals surface area contributed by atoms with Gasteiger partial charge in [-0.1, -0.05) is 6.07 Å². The topological polar surface area (TPSA) is 53.6 Å². The van der Waals surface area contributed by atoms with E-state index in [0.717, 1.165) is 27.7 Å². The van der Waals surface area contributed by atoms with Crippen molar-refractivity contribution in [3.63, 3.8) is 0 Å². The van der Waals surface area contributed by atoms with Crippen LogP contribution in [-0.4, -0.2) is 27.1 Å². The fourth-order valence-corrected chi connectivity index (χ4v) is 2.84. The lowest BCUT2D eigenvalue weighted by Gasteiger charge is -2.36. The minimum absolute atomic E-state index is 0.113. The van der Waals surface area contributed by atoms with Gasteiger partial charge in [0.05, 0.1) is 11.7 Å². The third kappa shape index (κ3) is 2.30. The summed E-state index contributed by atoms with van der Waals surface area (Å²) in [5.74, 6) is -2.53. The van der Waals surface area contributed by atoms with E-state index in [2.05, 4.69) is 20.5 Å². The standard InChI is InChI=1S/C16H14F2N4/c17-16(18)6-12(7-16)22-15-3-4-19-14-2-1-10(5-13(14)15)11-8-20-21-9-11/h1-5,8-9,12H,6-7H2,(H,19,22)(H,20,21). The van der Waals surface area contributed by atoms with Gasteiger partial charge in [0.15, 0.2) is 0 Å². The van der Waals surface area contributed by atoms with E-state index in [1.165, 1.54) is 0 Å². The fourth-order valence-electron chi connectivity index (χ4n) is 2.84. The number of aromatic nitrogens is 3. The van der Waals surface area contributed by atoms with Gasteiger partial charge in [-0.05, 0) is 23.8 Å². The number of pyridine rings is 1. The Morgan fingerprint density at radius 1 is 1.18 bits per heavy atom. The Morgan fingerprint density at radius 3 is 2.77 bits per heavy atom. The second kappa shape index (κ2) is 4.76. The summed E-state index contributed by atoms with van der Waals surface area (Å²) in [6.45, 7) is 0. The smallest absolute Gasteiger partial charge is 0.252 e. The Bertz CT molecular complexity index is 806. The zero-order valence-corrected chi connectivity index (χ0v) is 11.7. The van der Waals surface area contributed by atoms with Crippen LogP contribution in [0.25, 0.3) is 22.0 Å². The van der Waals surface area contributed by atoms with Crippen molar-refractivity contribution in [2.45, 2.75) is 24.8 Å². The maximum Gasteiger partial charge on any atom is 0.252 e. The van der Waals surface area contributed by atoms with Crippen LogP contribution in [0.1, 0.15) is 12.8 Å². The molecule has 4 nitrogen and oxygen atoms in total. The first-order chi connectivity index (χ1) is 10.6. The average molecular weight is 300 g/mol. The number of halogens is 2. The minimum Gasteiger partial charge on any atom is -0.381 e. The predicted octanol–water partition coefficient (Wildman–Crippen LogP) is 3.83. The summed E-state index contributed by atoms with van der Waals surface area (Å²) in [6, 6.07) is 7.56. The second-order valence-corrected chi connectivity index (χ2v) is 5.68. The number of nitrogens with zero attached hydrogens (tertiary/aromatic N) is 2. The lowest BCUT2D eigenvalue weighted by Crippen LogP contribution is -2.44. The summed E-state index contributed by atoms with van der Waals surface area (Å²) in [5, 5.41) is 10.9. The van der Waals surface area contributed by atoms with Crippen LogP contribution in [0.5, 0.6) is 0 Å². The number of rotatable bonds is 3. The SMILES string of the molecule is FC1(F)CC(Nc2ccnc3ccc(-c4cn[nH]c4)cc23)C1. The molecule has 0 unspecified atom stereocenters. The molecule has 4 rings (SSSR count). The Morgan fingerprint density at radius 2 is 2.05 bits per heavy atom. The molecule has 2 N–H and O–H groups in total. The van der Waals surface area contributed by atoms with Crippen LogP contribution in [-0.2, 0) is 0 Å². The lowest BCUT2D eigenvalue weighted by molar-refractivity contribution is -0.0793. The highest BCUT2D eigenvalue weighted by atomic mass is 19.3. The molecule has 3 aromatic rings. The van der Waals surface area contributed by atoms with E-state index in [4.69, 9.17) is 0 Å². The number of anilines is 1. The molecule has 2 aromatic heterocycles. The van der Waals surface area contributed by atoms with Crippen molar-refractivity contribution in [3.05, 3.63) is 42.9 Å². The van der Waals surface area contributed by atoms with Gasteiger partial charge >= 0.3 is 0 Å². The molecule has 0 spiro atoms. The van der Waals surface area contributed by atoms with Crippen LogP contribution >= 0.6 is 0 Å². The largest absolute Gasteiger partial charge is 0.381 e. The number of H-pyrrole nitrogens is 1. The number of fused-ring (bicyclic) bond motifs is 1. The molecule has 6 heteroatoms. The first-order valence-electron chi connectivity index (χ1n) is 7.13. The summed E-state index contributed by atoms with van der Waals surface area (Å²) in [4.78, 5) is 4.33. The molecule has 0 aliphatic heterocycles.